The Kier molecular flexibility index (Phi) is 5.08. The Hall–Kier alpha value is -2.67. The van der Waals surface area contributed by atoms with Gasteiger partial charge in [-0.15, -0.1) is 0 Å². The van der Waals surface area contributed by atoms with Gasteiger partial charge in [0, 0.05) is 23.3 Å². The van der Waals surface area contributed by atoms with Crippen LogP contribution >= 0.6 is 11.6 Å². The Morgan fingerprint density at radius 3 is 2.77 bits per heavy atom. The first kappa shape index (κ1) is 18.1. The maximum absolute atomic E-state index is 14.0. The van der Waals surface area contributed by atoms with Crippen molar-refractivity contribution in [3.8, 4) is 0 Å². The average molecular weight is 376 g/mol. The summed E-state index contributed by atoms with van der Waals surface area (Å²) in [5.74, 6) is -0.651. The summed E-state index contributed by atoms with van der Waals surface area (Å²) in [7, 11) is 0. The van der Waals surface area contributed by atoms with Gasteiger partial charge < -0.3 is 5.32 Å². The second kappa shape index (κ2) is 7.29. The van der Waals surface area contributed by atoms with E-state index < -0.39 is 0 Å². The van der Waals surface area contributed by atoms with Crippen molar-refractivity contribution in [1.29, 1.82) is 0 Å². The van der Waals surface area contributed by atoms with Gasteiger partial charge >= 0.3 is 0 Å². The molecule has 1 amide bonds. The highest BCUT2D eigenvalue weighted by atomic mass is 35.5. The zero-order valence-electron chi connectivity index (χ0n) is 14.8. The molecule has 136 valence electrons. The molecule has 0 aliphatic heterocycles. The van der Waals surface area contributed by atoms with Crippen LogP contribution in [0.5, 0.6) is 0 Å². The summed E-state index contributed by atoms with van der Waals surface area (Å²) in [6.07, 6.45) is 3.20. The maximum atomic E-state index is 14.0. The van der Waals surface area contributed by atoms with E-state index in [1.165, 1.54) is 12.3 Å². The molecule has 2 heterocycles. The molecule has 8 heteroatoms. The van der Waals surface area contributed by atoms with Gasteiger partial charge in [0.2, 0.25) is 0 Å². The number of carbonyl (C=O) groups excluding carboxylic acids is 1. The minimum absolute atomic E-state index is 0.182. The fourth-order valence-corrected chi connectivity index (χ4v) is 2.93. The van der Waals surface area contributed by atoms with Gasteiger partial charge in [-0.05, 0) is 32.9 Å². The molecule has 0 bridgehead atoms. The monoisotopic (exact) mass is 375 g/mol. The first-order chi connectivity index (χ1) is 12.4. The Balaban J connectivity index is 1.85. The van der Waals surface area contributed by atoms with E-state index in [1.54, 1.807) is 34.6 Å². The van der Waals surface area contributed by atoms with Crippen molar-refractivity contribution in [1.82, 2.24) is 19.6 Å². The molecule has 0 fully saturated rings. The highest BCUT2D eigenvalue weighted by molar-refractivity contribution is 6.31. The van der Waals surface area contributed by atoms with E-state index in [-0.39, 0.29) is 18.3 Å². The highest BCUT2D eigenvalue weighted by Gasteiger charge is 2.18. The number of hydrogen-bond acceptors (Lipinski definition) is 3. The number of nitrogens with one attached hydrogen (secondary N) is 1. The number of rotatable bonds is 5. The van der Waals surface area contributed by atoms with Crippen LogP contribution in [-0.2, 0) is 13.1 Å². The quantitative estimate of drug-likeness (QED) is 0.737. The molecule has 2 aromatic heterocycles. The molecule has 0 atom stereocenters. The van der Waals surface area contributed by atoms with Gasteiger partial charge in [-0.2, -0.15) is 10.2 Å². The smallest absolute Gasteiger partial charge is 0.258 e. The van der Waals surface area contributed by atoms with Gasteiger partial charge in [-0.3, -0.25) is 14.2 Å². The Bertz CT molecular complexity index is 942. The largest absolute Gasteiger partial charge is 0.319 e. The number of nitrogens with zero attached hydrogens (tertiary/aromatic N) is 4. The van der Waals surface area contributed by atoms with Crippen molar-refractivity contribution in [3.63, 3.8) is 0 Å². The van der Waals surface area contributed by atoms with E-state index in [1.807, 2.05) is 13.8 Å². The molecule has 0 saturated heterocycles. The van der Waals surface area contributed by atoms with Crippen LogP contribution < -0.4 is 5.32 Å². The van der Waals surface area contributed by atoms with Crippen molar-refractivity contribution in [2.45, 2.75) is 33.9 Å². The maximum Gasteiger partial charge on any atom is 0.258 e. The normalized spacial score (nSPS) is 11.0. The van der Waals surface area contributed by atoms with Crippen LogP contribution in [0.2, 0.25) is 5.02 Å². The number of aromatic nitrogens is 4. The van der Waals surface area contributed by atoms with Crippen LogP contribution in [0.1, 0.15) is 34.2 Å². The number of halogens is 2. The third kappa shape index (κ3) is 3.48. The van der Waals surface area contributed by atoms with Gasteiger partial charge in [-0.25, -0.2) is 4.39 Å². The van der Waals surface area contributed by atoms with Crippen LogP contribution in [0.15, 0.2) is 30.6 Å². The fourth-order valence-electron chi connectivity index (χ4n) is 2.70. The zero-order chi connectivity index (χ0) is 18.8. The number of benzene rings is 1. The molecule has 0 saturated carbocycles. The summed E-state index contributed by atoms with van der Waals surface area (Å²) in [5.41, 5.74) is 2.80. The lowest BCUT2D eigenvalue weighted by atomic mass is 10.2. The van der Waals surface area contributed by atoms with Crippen molar-refractivity contribution in [2.75, 3.05) is 5.32 Å². The molecule has 0 spiro atoms. The third-order valence-corrected chi connectivity index (χ3v) is 4.56. The second-order valence-corrected chi connectivity index (χ2v) is 6.35. The molecule has 6 nitrogen and oxygen atoms in total. The Labute approximate surface area is 155 Å². The van der Waals surface area contributed by atoms with Crippen LogP contribution in [0.3, 0.4) is 0 Å². The lowest BCUT2D eigenvalue weighted by Gasteiger charge is -2.09. The Morgan fingerprint density at radius 2 is 2.12 bits per heavy atom. The first-order valence-corrected chi connectivity index (χ1v) is 8.59. The summed E-state index contributed by atoms with van der Waals surface area (Å²) >= 11 is 6.10. The van der Waals surface area contributed by atoms with Gasteiger partial charge in [0.25, 0.3) is 5.91 Å². The molecule has 0 radical (unpaired) electrons. The van der Waals surface area contributed by atoms with Crippen molar-refractivity contribution >= 4 is 23.2 Å². The SMILES string of the molecule is CCn1cc(C(=O)Nc2c(C)nn(Cc3c(F)cccc3Cl)c2C)cn1. The summed E-state index contributed by atoms with van der Waals surface area (Å²) in [6, 6.07) is 4.56. The molecule has 26 heavy (non-hydrogen) atoms. The summed E-state index contributed by atoms with van der Waals surface area (Å²) in [4.78, 5) is 12.4. The molecular formula is C18H19ClFN5O. The van der Waals surface area contributed by atoms with Crippen LogP contribution in [0.25, 0.3) is 0 Å². The van der Waals surface area contributed by atoms with E-state index in [2.05, 4.69) is 15.5 Å². The predicted octanol–water partition coefficient (Wildman–Crippen LogP) is 3.81. The number of aryl methyl sites for hydroxylation is 2. The van der Waals surface area contributed by atoms with Crippen LogP contribution in [0, 0.1) is 19.7 Å². The number of amides is 1. The first-order valence-electron chi connectivity index (χ1n) is 8.21. The molecule has 0 aliphatic carbocycles. The Morgan fingerprint density at radius 1 is 1.35 bits per heavy atom. The van der Waals surface area contributed by atoms with Gasteiger partial charge in [0.05, 0.1) is 35.4 Å². The topological polar surface area (TPSA) is 64.7 Å². The average Bonchev–Trinajstić information content (AvgIpc) is 3.19. The second-order valence-electron chi connectivity index (χ2n) is 5.94. The lowest BCUT2D eigenvalue weighted by molar-refractivity contribution is 0.102. The molecule has 0 unspecified atom stereocenters. The number of carbonyl (C=O) groups is 1. The zero-order valence-corrected chi connectivity index (χ0v) is 15.5. The predicted molar refractivity (Wildman–Crippen MR) is 98.1 cm³/mol. The minimum atomic E-state index is -0.386. The molecular weight excluding hydrogens is 357 g/mol. The summed E-state index contributed by atoms with van der Waals surface area (Å²) < 4.78 is 17.3. The van der Waals surface area contributed by atoms with Crippen molar-refractivity contribution < 1.29 is 9.18 Å². The molecule has 1 aromatic carbocycles. The lowest BCUT2D eigenvalue weighted by Crippen LogP contribution is -2.13. The highest BCUT2D eigenvalue weighted by Crippen LogP contribution is 2.24. The van der Waals surface area contributed by atoms with Crippen molar-refractivity contribution in [3.05, 3.63) is 63.9 Å². The van der Waals surface area contributed by atoms with Crippen LogP contribution in [0.4, 0.5) is 10.1 Å². The standard InChI is InChI=1S/C18H19ClFN5O/c1-4-24-9-13(8-21-24)18(26)22-17-11(2)23-25(12(17)3)10-14-15(19)6-5-7-16(14)20/h5-9H,4,10H2,1-3H3,(H,22,26). The van der Waals surface area contributed by atoms with E-state index in [0.717, 1.165) is 5.69 Å². The molecule has 3 aromatic rings. The van der Waals surface area contributed by atoms with Gasteiger partial charge in [0.15, 0.2) is 0 Å². The van der Waals surface area contributed by atoms with E-state index in [9.17, 15) is 9.18 Å². The fraction of sp³-hybridized carbons (Fsp3) is 0.278. The van der Waals surface area contributed by atoms with E-state index in [0.29, 0.717) is 34.1 Å². The van der Waals surface area contributed by atoms with Crippen LogP contribution in [-0.4, -0.2) is 25.5 Å². The van der Waals surface area contributed by atoms with Gasteiger partial charge in [-0.1, -0.05) is 17.7 Å². The van der Waals surface area contributed by atoms with Gasteiger partial charge in [0.1, 0.15) is 5.82 Å². The third-order valence-electron chi connectivity index (χ3n) is 4.21. The van der Waals surface area contributed by atoms with Crippen molar-refractivity contribution in [2.24, 2.45) is 0 Å². The molecule has 0 aliphatic rings. The number of hydrogen-bond donors (Lipinski definition) is 1. The molecule has 1 N–H and O–H groups in total. The van der Waals surface area contributed by atoms with E-state index >= 15 is 0 Å². The summed E-state index contributed by atoms with van der Waals surface area (Å²) in [6.45, 7) is 6.42. The van der Waals surface area contributed by atoms with E-state index in [4.69, 9.17) is 11.6 Å². The summed E-state index contributed by atoms with van der Waals surface area (Å²) in [5, 5.41) is 11.7. The number of anilines is 1. The molecule has 3 rings (SSSR count). The minimum Gasteiger partial charge on any atom is -0.319 e.